The lowest BCUT2D eigenvalue weighted by atomic mass is 10.1. The number of ether oxygens (including phenoxy) is 1. The molecule has 1 aromatic carbocycles. The Bertz CT molecular complexity index is 660. The summed E-state index contributed by atoms with van der Waals surface area (Å²) in [7, 11) is 1.52. The van der Waals surface area contributed by atoms with E-state index in [2.05, 4.69) is 21.2 Å². The van der Waals surface area contributed by atoms with Crippen molar-refractivity contribution >= 4 is 21.8 Å². The van der Waals surface area contributed by atoms with E-state index < -0.39 is 11.9 Å². The molecule has 1 aromatic heterocycles. The van der Waals surface area contributed by atoms with Crippen LogP contribution in [0.1, 0.15) is 22.0 Å². The number of hydrogen-bond acceptors (Lipinski definition) is 4. The molecule has 0 spiro atoms. The van der Waals surface area contributed by atoms with Crippen LogP contribution in [0.4, 0.5) is 0 Å². The molecule has 1 amide bonds. The number of carbonyl (C=O) groups excluding carboxylic acids is 1. The first-order valence-corrected chi connectivity index (χ1v) is 6.53. The summed E-state index contributed by atoms with van der Waals surface area (Å²) in [6.07, 6.45) is 1.39. The molecule has 2 rings (SSSR count). The summed E-state index contributed by atoms with van der Waals surface area (Å²) in [6, 6.07) is 9.81. The highest BCUT2D eigenvalue weighted by atomic mass is 79.9. The number of para-hydroxylation sites is 1. The van der Waals surface area contributed by atoms with Crippen LogP contribution < -0.4 is 10.1 Å². The molecule has 6 heteroatoms. The third-order valence-electron chi connectivity index (χ3n) is 2.72. The molecule has 0 aliphatic carbocycles. The lowest BCUT2D eigenvalue weighted by Crippen LogP contribution is -2.27. The van der Waals surface area contributed by atoms with E-state index in [4.69, 9.17) is 9.15 Å². The molecule has 2 aromatic rings. The number of nitriles is 1. The van der Waals surface area contributed by atoms with Crippen molar-refractivity contribution in [3.8, 4) is 11.8 Å². The van der Waals surface area contributed by atoms with Gasteiger partial charge in [-0.15, -0.1) is 0 Å². The largest absolute Gasteiger partial charge is 0.496 e. The van der Waals surface area contributed by atoms with Gasteiger partial charge in [-0.25, -0.2) is 0 Å². The Morgan fingerprint density at radius 3 is 2.80 bits per heavy atom. The van der Waals surface area contributed by atoms with Gasteiger partial charge in [0.2, 0.25) is 0 Å². The maximum atomic E-state index is 12.1. The summed E-state index contributed by atoms with van der Waals surface area (Å²) >= 11 is 3.13. The van der Waals surface area contributed by atoms with Crippen LogP contribution in [-0.2, 0) is 0 Å². The monoisotopic (exact) mass is 334 g/mol. The van der Waals surface area contributed by atoms with E-state index in [-0.39, 0.29) is 0 Å². The topological polar surface area (TPSA) is 75.3 Å². The average molecular weight is 335 g/mol. The van der Waals surface area contributed by atoms with Crippen molar-refractivity contribution in [3.63, 3.8) is 0 Å². The van der Waals surface area contributed by atoms with Crippen LogP contribution in [0.3, 0.4) is 0 Å². The Kier molecular flexibility index (Phi) is 4.43. The van der Waals surface area contributed by atoms with Crippen LogP contribution in [0.5, 0.6) is 5.75 Å². The highest BCUT2D eigenvalue weighted by Gasteiger charge is 2.20. The van der Waals surface area contributed by atoms with Crippen molar-refractivity contribution in [2.24, 2.45) is 0 Å². The summed E-state index contributed by atoms with van der Waals surface area (Å²) in [5, 5.41) is 11.9. The summed E-state index contributed by atoms with van der Waals surface area (Å²) < 4.78 is 10.5. The van der Waals surface area contributed by atoms with E-state index in [1.807, 2.05) is 6.07 Å². The van der Waals surface area contributed by atoms with Crippen LogP contribution in [0, 0.1) is 11.3 Å². The Labute approximate surface area is 124 Å². The van der Waals surface area contributed by atoms with Crippen LogP contribution in [-0.4, -0.2) is 13.0 Å². The van der Waals surface area contributed by atoms with Gasteiger partial charge in [0.05, 0.1) is 25.0 Å². The van der Waals surface area contributed by atoms with Crippen LogP contribution in [0.2, 0.25) is 0 Å². The van der Waals surface area contributed by atoms with Crippen molar-refractivity contribution in [1.82, 2.24) is 5.32 Å². The smallest absolute Gasteiger partial charge is 0.257 e. The fourth-order valence-corrected chi connectivity index (χ4v) is 2.17. The van der Waals surface area contributed by atoms with Crippen LogP contribution in [0.25, 0.3) is 0 Å². The van der Waals surface area contributed by atoms with Gasteiger partial charge in [0.1, 0.15) is 11.8 Å². The second-order valence-corrected chi connectivity index (χ2v) is 4.61. The first-order valence-electron chi connectivity index (χ1n) is 5.73. The Balaban J connectivity index is 2.24. The Hall–Kier alpha value is -2.26. The van der Waals surface area contributed by atoms with E-state index >= 15 is 0 Å². The minimum atomic E-state index is -0.805. The van der Waals surface area contributed by atoms with E-state index in [9.17, 15) is 10.1 Å². The molecular weight excluding hydrogens is 324 g/mol. The number of carbonyl (C=O) groups is 1. The minimum absolute atomic E-state index is 0.326. The molecule has 1 atom stereocenters. The summed E-state index contributed by atoms with van der Waals surface area (Å²) in [5.74, 6) is 0.147. The molecule has 0 radical (unpaired) electrons. The third kappa shape index (κ3) is 2.83. The molecule has 102 valence electrons. The van der Waals surface area contributed by atoms with E-state index in [1.54, 1.807) is 24.3 Å². The van der Waals surface area contributed by atoms with Crippen molar-refractivity contribution in [1.29, 1.82) is 5.26 Å². The Morgan fingerprint density at radius 1 is 1.45 bits per heavy atom. The number of hydrogen-bond donors (Lipinski definition) is 1. The maximum absolute atomic E-state index is 12.1. The first-order chi connectivity index (χ1) is 9.67. The normalized spacial score (nSPS) is 11.4. The highest BCUT2D eigenvalue weighted by molar-refractivity contribution is 9.10. The molecule has 0 saturated carbocycles. The van der Waals surface area contributed by atoms with Crippen LogP contribution >= 0.6 is 15.9 Å². The van der Waals surface area contributed by atoms with Crippen molar-refractivity contribution in [2.45, 2.75) is 6.04 Å². The fraction of sp³-hybridized carbons (Fsp3) is 0.143. The number of benzene rings is 1. The van der Waals surface area contributed by atoms with E-state index in [0.717, 1.165) is 0 Å². The molecule has 0 aliphatic rings. The fourth-order valence-electron chi connectivity index (χ4n) is 1.75. The number of nitrogens with zero attached hydrogens (tertiary/aromatic N) is 1. The predicted octanol–water partition coefficient (Wildman–Crippen LogP) is 3.05. The molecule has 0 fully saturated rings. The van der Waals surface area contributed by atoms with Crippen LogP contribution in [0.15, 0.2) is 45.7 Å². The molecule has 20 heavy (non-hydrogen) atoms. The molecule has 1 N–H and O–H groups in total. The maximum Gasteiger partial charge on any atom is 0.257 e. The van der Waals surface area contributed by atoms with Gasteiger partial charge in [-0.2, -0.15) is 5.26 Å². The first kappa shape index (κ1) is 14.2. The highest BCUT2D eigenvalue weighted by Crippen LogP contribution is 2.25. The SMILES string of the molecule is COc1ccccc1[C@H](C#N)NC(=O)c1ccoc1Br. The number of methoxy groups -OCH3 is 1. The van der Waals surface area contributed by atoms with Gasteiger partial charge in [-0.3, -0.25) is 4.79 Å². The molecule has 0 unspecified atom stereocenters. The molecule has 0 aliphatic heterocycles. The zero-order chi connectivity index (χ0) is 14.5. The van der Waals surface area contributed by atoms with Crippen molar-refractivity contribution < 1.29 is 13.9 Å². The van der Waals surface area contributed by atoms with Gasteiger partial charge in [0.25, 0.3) is 5.91 Å². The molecule has 1 heterocycles. The van der Waals surface area contributed by atoms with Gasteiger partial charge in [0, 0.05) is 5.56 Å². The number of halogens is 1. The Morgan fingerprint density at radius 2 is 2.20 bits per heavy atom. The molecule has 0 saturated heterocycles. The van der Waals surface area contributed by atoms with Gasteiger partial charge in [-0.1, -0.05) is 18.2 Å². The lowest BCUT2D eigenvalue weighted by Gasteiger charge is -2.14. The zero-order valence-electron chi connectivity index (χ0n) is 10.6. The predicted molar refractivity (Wildman–Crippen MR) is 75.2 cm³/mol. The zero-order valence-corrected chi connectivity index (χ0v) is 12.2. The minimum Gasteiger partial charge on any atom is -0.496 e. The quantitative estimate of drug-likeness (QED) is 0.932. The van der Waals surface area contributed by atoms with E-state index in [0.29, 0.717) is 21.5 Å². The summed E-state index contributed by atoms with van der Waals surface area (Å²) in [5.41, 5.74) is 0.936. The van der Waals surface area contributed by atoms with Gasteiger partial charge in [0.15, 0.2) is 4.67 Å². The number of amides is 1. The third-order valence-corrected chi connectivity index (χ3v) is 3.33. The van der Waals surface area contributed by atoms with Crippen molar-refractivity contribution in [3.05, 3.63) is 52.4 Å². The van der Waals surface area contributed by atoms with Gasteiger partial charge < -0.3 is 14.5 Å². The van der Waals surface area contributed by atoms with Crippen molar-refractivity contribution in [2.75, 3.05) is 7.11 Å². The van der Waals surface area contributed by atoms with Gasteiger partial charge >= 0.3 is 0 Å². The molecule has 5 nitrogen and oxygen atoms in total. The molecule has 0 bridgehead atoms. The van der Waals surface area contributed by atoms with E-state index in [1.165, 1.54) is 19.4 Å². The summed E-state index contributed by atoms with van der Waals surface area (Å²) in [4.78, 5) is 12.1. The number of rotatable bonds is 4. The standard InChI is InChI=1S/C14H11BrN2O3/c1-19-12-5-3-2-4-9(12)11(8-16)17-14(18)10-6-7-20-13(10)15/h2-7,11H,1H3,(H,17,18)/t11-/m0/s1. The molecular formula is C14H11BrN2O3. The second kappa shape index (κ2) is 6.26. The number of furan rings is 1. The second-order valence-electron chi connectivity index (χ2n) is 3.89. The average Bonchev–Trinajstić information content (AvgIpc) is 2.90. The van der Waals surface area contributed by atoms with Gasteiger partial charge in [-0.05, 0) is 28.1 Å². The number of nitrogens with one attached hydrogen (secondary N) is 1. The lowest BCUT2D eigenvalue weighted by molar-refractivity contribution is 0.0943. The summed E-state index contributed by atoms with van der Waals surface area (Å²) in [6.45, 7) is 0.